The molecule has 2 aromatic rings. The second-order valence-electron chi connectivity index (χ2n) is 3.91. The van der Waals surface area contributed by atoms with E-state index < -0.39 is 0 Å². The van der Waals surface area contributed by atoms with Crippen molar-refractivity contribution < 1.29 is 0 Å². The van der Waals surface area contributed by atoms with Gasteiger partial charge in [0.25, 0.3) is 0 Å². The number of rotatable bonds is 5. The monoisotopic (exact) mass is 255 g/mol. The molecule has 2 rings (SSSR count). The van der Waals surface area contributed by atoms with Crippen LogP contribution in [0.3, 0.4) is 0 Å². The molecule has 0 aliphatic rings. The summed E-state index contributed by atoms with van der Waals surface area (Å²) in [6.45, 7) is 0.879. The van der Waals surface area contributed by atoms with Gasteiger partial charge in [0.05, 0.1) is 0 Å². The summed E-state index contributed by atoms with van der Waals surface area (Å²) in [5, 5.41) is 3.16. The van der Waals surface area contributed by atoms with Crippen molar-refractivity contribution in [1.82, 2.24) is 5.32 Å². The summed E-state index contributed by atoms with van der Waals surface area (Å²) in [6, 6.07) is 21.0. The predicted molar refractivity (Wildman–Crippen MR) is 80.6 cm³/mol. The molecule has 0 aliphatic heterocycles. The van der Waals surface area contributed by atoms with Crippen LogP contribution >= 0.6 is 11.8 Å². The van der Waals surface area contributed by atoms with Crippen LogP contribution in [0.2, 0.25) is 0 Å². The molecule has 1 N–H and O–H groups in total. The first-order chi connectivity index (χ1) is 8.90. The predicted octanol–water partition coefficient (Wildman–Crippen LogP) is 4.04. The highest BCUT2D eigenvalue weighted by Gasteiger charge is 2.02. The van der Waals surface area contributed by atoms with E-state index in [1.54, 1.807) is 11.8 Å². The maximum Gasteiger partial charge on any atom is 0.0167 e. The molecule has 1 nitrogen and oxygen atoms in total. The highest BCUT2D eigenvalue weighted by molar-refractivity contribution is 8.08. The largest absolute Gasteiger partial charge is 0.316 e. The minimum absolute atomic E-state index is 0.879. The van der Waals surface area contributed by atoms with E-state index in [0.717, 1.165) is 6.54 Å². The first-order valence-electron chi connectivity index (χ1n) is 6.03. The number of hydrogen-bond acceptors (Lipinski definition) is 2. The van der Waals surface area contributed by atoms with Crippen molar-refractivity contribution in [1.29, 1.82) is 0 Å². The topological polar surface area (TPSA) is 12.0 Å². The zero-order valence-electron chi connectivity index (χ0n) is 10.5. The first-order valence-corrected chi connectivity index (χ1v) is 6.85. The van der Waals surface area contributed by atoms with Gasteiger partial charge in [-0.25, -0.2) is 0 Å². The Kier molecular flexibility index (Phi) is 5.06. The molecule has 0 fully saturated rings. The second-order valence-corrected chi connectivity index (χ2v) is 5.02. The van der Waals surface area contributed by atoms with Crippen LogP contribution in [0, 0.1) is 0 Å². The van der Waals surface area contributed by atoms with Crippen LogP contribution in [0.4, 0.5) is 0 Å². The van der Waals surface area contributed by atoms with E-state index in [9.17, 15) is 0 Å². The van der Waals surface area contributed by atoms with Crippen molar-refractivity contribution in [2.24, 2.45) is 0 Å². The smallest absolute Gasteiger partial charge is 0.0167 e. The number of likely N-dealkylation sites (N-methyl/N-ethyl adjacent to an activating group) is 1. The van der Waals surface area contributed by atoms with E-state index in [1.165, 1.54) is 15.4 Å². The molecule has 0 heterocycles. The van der Waals surface area contributed by atoms with Gasteiger partial charge in [-0.15, -0.1) is 0 Å². The summed E-state index contributed by atoms with van der Waals surface area (Å²) in [5.41, 5.74) is 1.27. The van der Waals surface area contributed by atoms with Gasteiger partial charge >= 0.3 is 0 Å². The molecule has 0 radical (unpaired) electrons. The van der Waals surface area contributed by atoms with Gasteiger partial charge in [0.15, 0.2) is 0 Å². The number of nitrogens with one attached hydrogen (secondary N) is 1. The van der Waals surface area contributed by atoms with Crippen LogP contribution in [0.1, 0.15) is 5.56 Å². The van der Waals surface area contributed by atoms with Crippen LogP contribution in [0.25, 0.3) is 4.91 Å². The zero-order chi connectivity index (χ0) is 12.6. The Labute approximate surface area is 113 Å². The molecular weight excluding hydrogens is 238 g/mol. The highest BCUT2D eigenvalue weighted by Crippen LogP contribution is 2.33. The van der Waals surface area contributed by atoms with Crippen LogP contribution in [-0.2, 0) is 0 Å². The summed E-state index contributed by atoms with van der Waals surface area (Å²) < 4.78 is 0. The Hall–Kier alpha value is -1.51. The van der Waals surface area contributed by atoms with Gasteiger partial charge in [-0.2, -0.15) is 0 Å². The highest BCUT2D eigenvalue weighted by atomic mass is 32.2. The average molecular weight is 255 g/mol. The van der Waals surface area contributed by atoms with E-state index in [4.69, 9.17) is 0 Å². The Morgan fingerprint density at radius 2 is 1.61 bits per heavy atom. The lowest BCUT2D eigenvalue weighted by Gasteiger charge is -2.08. The number of thioether (sulfide) groups is 1. The fourth-order valence-corrected chi connectivity index (χ4v) is 2.60. The van der Waals surface area contributed by atoms with Gasteiger partial charge in [0.2, 0.25) is 0 Å². The van der Waals surface area contributed by atoms with Gasteiger partial charge in [0, 0.05) is 16.3 Å². The molecular formula is C16H17NS. The van der Waals surface area contributed by atoms with Gasteiger partial charge in [-0.3, -0.25) is 0 Å². The third kappa shape index (κ3) is 3.76. The number of hydrogen-bond donors (Lipinski definition) is 1. The van der Waals surface area contributed by atoms with Gasteiger partial charge in [-0.05, 0) is 24.7 Å². The van der Waals surface area contributed by atoms with Crippen LogP contribution in [0.15, 0.2) is 71.6 Å². The first kappa shape index (κ1) is 12.9. The molecule has 2 aromatic carbocycles. The fraction of sp³-hybridized carbons (Fsp3) is 0.125. The van der Waals surface area contributed by atoms with E-state index in [-0.39, 0.29) is 0 Å². The van der Waals surface area contributed by atoms with E-state index in [1.807, 2.05) is 19.2 Å². The summed E-state index contributed by atoms with van der Waals surface area (Å²) in [6.07, 6.45) is 2.23. The van der Waals surface area contributed by atoms with Gasteiger partial charge in [-0.1, -0.05) is 66.4 Å². The second kappa shape index (κ2) is 7.04. The Balaban J connectivity index is 2.22. The third-order valence-corrected chi connectivity index (χ3v) is 3.65. The molecule has 0 spiro atoms. The molecule has 0 saturated heterocycles. The lowest BCUT2D eigenvalue weighted by Crippen LogP contribution is -2.04. The molecule has 0 aromatic heterocycles. The van der Waals surface area contributed by atoms with Crippen molar-refractivity contribution in [2.75, 3.05) is 13.6 Å². The Morgan fingerprint density at radius 3 is 2.22 bits per heavy atom. The third-order valence-electron chi connectivity index (χ3n) is 2.52. The number of benzene rings is 2. The Bertz CT molecular complexity index is 491. The molecule has 0 bridgehead atoms. The molecule has 0 amide bonds. The van der Waals surface area contributed by atoms with Crippen molar-refractivity contribution in [3.8, 4) is 0 Å². The Morgan fingerprint density at radius 1 is 1.00 bits per heavy atom. The van der Waals surface area contributed by atoms with E-state index in [2.05, 4.69) is 59.9 Å². The minimum Gasteiger partial charge on any atom is -0.316 e. The minimum atomic E-state index is 0.879. The van der Waals surface area contributed by atoms with E-state index >= 15 is 0 Å². The summed E-state index contributed by atoms with van der Waals surface area (Å²) in [5.74, 6) is 0. The summed E-state index contributed by atoms with van der Waals surface area (Å²) in [7, 11) is 1.96. The normalized spacial score (nSPS) is 11.5. The van der Waals surface area contributed by atoms with Crippen LogP contribution < -0.4 is 5.32 Å². The van der Waals surface area contributed by atoms with Crippen molar-refractivity contribution in [2.45, 2.75) is 4.90 Å². The average Bonchev–Trinajstić information content (AvgIpc) is 2.45. The SMILES string of the molecule is CNCC=C(Sc1ccccc1)c1ccccc1. The van der Waals surface area contributed by atoms with E-state index in [0.29, 0.717) is 0 Å². The molecule has 2 heteroatoms. The molecule has 0 aliphatic carbocycles. The standard InChI is InChI=1S/C16H17NS/c1-17-13-12-16(14-8-4-2-5-9-14)18-15-10-6-3-7-11-15/h2-12,17H,13H2,1H3. The van der Waals surface area contributed by atoms with Gasteiger partial charge in [0.1, 0.15) is 0 Å². The maximum atomic E-state index is 3.16. The molecule has 0 saturated carbocycles. The molecule has 0 unspecified atom stereocenters. The maximum absolute atomic E-state index is 3.16. The molecule has 18 heavy (non-hydrogen) atoms. The van der Waals surface area contributed by atoms with Crippen LogP contribution in [0.5, 0.6) is 0 Å². The zero-order valence-corrected chi connectivity index (χ0v) is 11.3. The lowest BCUT2D eigenvalue weighted by molar-refractivity contribution is 0.922. The lowest BCUT2D eigenvalue weighted by atomic mass is 10.2. The van der Waals surface area contributed by atoms with Crippen molar-refractivity contribution >= 4 is 16.7 Å². The van der Waals surface area contributed by atoms with Gasteiger partial charge < -0.3 is 5.32 Å². The van der Waals surface area contributed by atoms with Crippen molar-refractivity contribution in [3.63, 3.8) is 0 Å². The fourth-order valence-electron chi connectivity index (χ4n) is 1.63. The summed E-state index contributed by atoms with van der Waals surface area (Å²) >= 11 is 1.80. The quantitative estimate of drug-likeness (QED) is 0.809. The summed E-state index contributed by atoms with van der Waals surface area (Å²) in [4.78, 5) is 2.56. The molecule has 0 atom stereocenters. The van der Waals surface area contributed by atoms with Crippen LogP contribution in [-0.4, -0.2) is 13.6 Å². The van der Waals surface area contributed by atoms with Crippen molar-refractivity contribution in [3.05, 3.63) is 72.3 Å². The molecule has 92 valence electrons.